The molecule has 1 atom stereocenters. The maximum absolute atomic E-state index is 8.44. The number of nitrogens with zero attached hydrogens (tertiary/aromatic N) is 1. The van der Waals surface area contributed by atoms with E-state index in [0.29, 0.717) is 17.5 Å². The monoisotopic (exact) mass is 216 g/mol. The molecule has 3 N–H and O–H groups in total. The molecule has 1 unspecified atom stereocenters. The van der Waals surface area contributed by atoms with E-state index in [1.807, 2.05) is 11.8 Å². The molecule has 1 aliphatic rings. The lowest BCUT2D eigenvalue weighted by molar-refractivity contribution is 0.317. The Morgan fingerprint density at radius 3 is 2.71 bits per heavy atom. The van der Waals surface area contributed by atoms with Crippen LogP contribution in [0.15, 0.2) is 5.16 Å². The molecule has 1 fully saturated rings. The number of amidine groups is 1. The Kier molecular flexibility index (Phi) is 5.15. The van der Waals surface area contributed by atoms with Gasteiger partial charge >= 0.3 is 0 Å². The predicted octanol–water partition coefficient (Wildman–Crippen LogP) is 2.58. The van der Waals surface area contributed by atoms with E-state index in [4.69, 9.17) is 10.9 Å². The van der Waals surface area contributed by atoms with Crippen molar-refractivity contribution < 1.29 is 5.21 Å². The van der Waals surface area contributed by atoms with Crippen molar-refractivity contribution in [2.75, 3.05) is 0 Å². The second-order valence-corrected chi connectivity index (χ2v) is 5.75. The van der Waals surface area contributed by atoms with Crippen molar-refractivity contribution >= 4 is 17.6 Å². The van der Waals surface area contributed by atoms with Crippen molar-refractivity contribution in [3.63, 3.8) is 0 Å². The lowest BCUT2D eigenvalue weighted by Crippen LogP contribution is -2.19. The van der Waals surface area contributed by atoms with Crippen LogP contribution in [0.5, 0.6) is 0 Å². The fraction of sp³-hybridized carbons (Fsp3) is 0.900. The molecule has 0 aromatic heterocycles. The normalized spacial score (nSPS) is 22.2. The Morgan fingerprint density at radius 2 is 2.14 bits per heavy atom. The maximum atomic E-state index is 8.44. The summed E-state index contributed by atoms with van der Waals surface area (Å²) in [4.78, 5) is 0. The quantitative estimate of drug-likeness (QED) is 0.329. The van der Waals surface area contributed by atoms with Crippen LogP contribution in [0.1, 0.15) is 45.4 Å². The smallest absolute Gasteiger partial charge is 0.140 e. The Bertz CT molecular complexity index is 191. The lowest BCUT2D eigenvalue weighted by atomic mass is 10.0. The fourth-order valence-electron chi connectivity index (χ4n) is 1.91. The Hall–Kier alpha value is -0.380. The molecular formula is C10H20N2OS. The van der Waals surface area contributed by atoms with E-state index in [-0.39, 0.29) is 0 Å². The van der Waals surface area contributed by atoms with E-state index in [1.54, 1.807) is 0 Å². The molecule has 1 saturated carbocycles. The van der Waals surface area contributed by atoms with Crippen LogP contribution in [-0.2, 0) is 0 Å². The van der Waals surface area contributed by atoms with E-state index in [0.717, 1.165) is 5.25 Å². The molecule has 0 radical (unpaired) electrons. The van der Waals surface area contributed by atoms with Gasteiger partial charge in [0, 0.05) is 16.9 Å². The van der Waals surface area contributed by atoms with Crippen LogP contribution in [0.3, 0.4) is 0 Å². The molecule has 0 amide bonds. The van der Waals surface area contributed by atoms with Crippen LogP contribution in [0.4, 0.5) is 0 Å². The number of nitrogens with two attached hydrogens (primary N) is 1. The van der Waals surface area contributed by atoms with Crippen LogP contribution in [-0.4, -0.2) is 21.5 Å². The van der Waals surface area contributed by atoms with E-state index in [9.17, 15) is 0 Å². The first-order valence-corrected chi connectivity index (χ1v) is 6.28. The highest BCUT2D eigenvalue weighted by molar-refractivity contribution is 8.00. The third-order valence-electron chi connectivity index (χ3n) is 2.60. The first-order chi connectivity index (χ1) is 6.72. The molecule has 14 heavy (non-hydrogen) atoms. The van der Waals surface area contributed by atoms with Crippen LogP contribution in [0, 0.1) is 0 Å². The zero-order valence-electron chi connectivity index (χ0n) is 8.78. The molecule has 3 nitrogen and oxygen atoms in total. The summed E-state index contributed by atoms with van der Waals surface area (Å²) in [6, 6.07) is 0. The van der Waals surface area contributed by atoms with Gasteiger partial charge in [-0.15, -0.1) is 0 Å². The molecule has 0 aliphatic heterocycles. The number of hydrogen-bond donors (Lipinski definition) is 2. The van der Waals surface area contributed by atoms with Crippen molar-refractivity contribution in [1.29, 1.82) is 0 Å². The second kappa shape index (κ2) is 6.17. The summed E-state index contributed by atoms with van der Waals surface area (Å²) >= 11 is 1.99. The van der Waals surface area contributed by atoms with Gasteiger partial charge in [-0.1, -0.05) is 31.3 Å². The predicted molar refractivity (Wildman–Crippen MR) is 62.0 cm³/mol. The largest absolute Gasteiger partial charge is 0.409 e. The topological polar surface area (TPSA) is 58.6 Å². The molecule has 0 spiro atoms. The van der Waals surface area contributed by atoms with E-state index < -0.39 is 0 Å². The van der Waals surface area contributed by atoms with Gasteiger partial charge in [0.15, 0.2) is 0 Å². The molecule has 0 aromatic carbocycles. The minimum absolute atomic E-state index is 0.348. The van der Waals surface area contributed by atoms with Crippen molar-refractivity contribution in [2.24, 2.45) is 10.9 Å². The van der Waals surface area contributed by atoms with Gasteiger partial charge in [-0.25, -0.2) is 0 Å². The molecule has 1 rings (SSSR count). The summed E-state index contributed by atoms with van der Waals surface area (Å²) in [5.41, 5.74) is 5.47. The summed E-state index contributed by atoms with van der Waals surface area (Å²) in [5.74, 6) is 0.348. The maximum Gasteiger partial charge on any atom is 0.140 e. The minimum Gasteiger partial charge on any atom is -0.409 e. The average Bonchev–Trinajstić information content (AvgIpc) is 2.19. The van der Waals surface area contributed by atoms with Gasteiger partial charge in [-0.3, -0.25) is 0 Å². The Labute approximate surface area is 90.1 Å². The molecule has 82 valence electrons. The van der Waals surface area contributed by atoms with E-state index in [1.165, 1.54) is 32.1 Å². The lowest BCUT2D eigenvalue weighted by Gasteiger charge is -2.23. The highest BCUT2D eigenvalue weighted by Gasteiger charge is 2.17. The fourth-order valence-corrected chi connectivity index (χ4v) is 3.44. The van der Waals surface area contributed by atoms with E-state index in [2.05, 4.69) is 12.1 Å². The van der Waals surface area contributed by atoms with Gasteiger partial charge in [0.1, 0.15) is 5.84 Å². The first-order valence-electron chi connectivity index (χ1n) is 5.34. The summed E-state index contributed by atoms with van der Waals surface area (Å²) in [7, 11) is 0. The third-order valence-corrected chi connectivity index (χ3v) is 4.09. The highest BCUT2D eigenvalue weighted by Crippen LogP contribution is 2.31. The molecule has 4 heteroatoms. The third kappa shape index (κ3) is 4.22. The minimum atomic E-state index is 0.348. The van der Waals surface area contributed by atoms with Gasteiger partial charge in [-0.05, 0) is 12.8 Å². The molecule has 0 saturated heterocycles. The second-order valence-electron chi connectivity index (χ2n) is 4.00. The number of rotatable bonds is 4. The van der Waals surface area contributed by atoms with E-state index >= 15 is 0 Å². The van der Waals surface area contributed by atoms with Crippen LogP contribution in [0.2, 0.25) is 0 Å². The van der Waals surface area contributed by atoms with Crippen molar-refractivity contribution in [3.8, 4) is 0 Å². The Morgan fingerprint density at radius 1 is 1.50 bits per heavy atom. The average molecular weight is 216 g/mol. The SMILES string of the molecule is CC(CC(N)=NO)SC1CCCCC1. The molecular weight excluding hydrogens is 196 g/mol. The number of hydrogen-bond acceptors (Lipinski definition) is 3. The summed E-state index contributed by atoms with van der Waals surface area (Å²) in [6.45, 7) is 2.15. The van der Waals surface area contributed by atoms with Gasteiger partial charge in [0.25, 0.3) is 0 Å². The zero-order valence-corrected chi connectivity index (χ0v) is 9.59. The van der Waals surface area contributed by atoms with Crippen molar-refractivity contribution in [1.82, 2.24) is 0 Å². The zero-order chi connectivity index (χ0) is 10.4. The highest BCUT2D eigenvalue weighted by atomic mass is 32.2. The van der Waals surface area contributed by atoms with Crippen LogP contribution >= 0.6 is 11.8 Å². The summed E-state index contributed by atoms with van der Waals surface area (Å²) in [6.07, 6.45) is 7.50. The van der Waals surface area contributed by atoms with Gasteiger partial charge in [0.05, 0.1) is 0 Å². The first kappa shape index (κ1) is 11.7. The summed E-state index contributed by atoms with van der Waals surface area (Å²) < 4.78 is 0. The van der Waals surface area contributed by atoms with Gasteiger partial charge in [-0.2, -0.15) is 11.8 Å². The summed E-state index contributed by atoms with van der Waals surface area (Å²) in [5, 5.41) is 12.7. The van der Waals surface area contributed by atoms with Crippen LogP contribution in [0.25, 0.3) is 0 Å². The molecule has 0 bridgehead atoms. The molecule has 0 aromatic rings. The molecule has 1 aliphatic carbocycles. The van der Waals surface area contributed by atoms with Crippen LogP contribution < -0.4 is 5.73 Å². The van der Waals surface area contributed by atoms with Gasteiger partial charge < -0.3 is 10.9 Å². The number of thioether (sulfide) groups is 1. The standard InChI is InChI=1S/C10H20N2OS/c1-8(7-10(11)12-13)14-9-5-3-2-4-6-9/h8-9,13H,2-7H2,1H3,(H2,11,12). The van der Waals surface area contributed by atoms with Gasteiger partial charge in [0.2, 0.25) is 0 Å². The van der Waals surface area contributed by atoms with Crippen molar-refractivity contribution in [2.45, 2.75) is 55.9 Å². The Balaban J connectivity index is 2.21. The molecule has 0 heterocycles. The van der Waals surface area contributed by atoms with Crippen molar-refractivity contribution in [3.05, 3.63) is 0 Å². The number of oxime groups is 1.